The van der Waals surface area contributed by atoms with E-state index in [9.17, 15) is 9.59 Å². The van der Waals surface area contributed by atoms with E-state index in [0.717, 1.165) is 44.9 Å². The molecule has 0 N–H and O–H groups in total. The molecule has 0 aliphatic heterocycles. The molecule has 0 saturated carbocycles. The van der Waals surface area contributed by atoms with Crippen molar-refractivity contribution in [2.75, 3.05) is 26.4 Å². The summed E-state index contributed by atoms with van der Waals surface area (Å²) >= 11 is 0. The van der Waals surface area contributed by atoms with Gasteiger partial charge in [0.25, 0.3) is 0 Å². The Morgan fingerprint density at radius 2 is 0.776 bits per heavy atom. The third-order valence-electron chi connectivity index (χ3n) is 8.94. The second-order valence-corrected chi connectivity index (χ2v) is 13.3. The monoisotopic (exact) mass is 774 g/mol. The van der Waals surface area contributed by atoms with Crippen molar-refractivity contribution in [1.29, 1.82) is 0 Å². The maximum absolute atomic E-state index is 12.5. The van der Waals surface area contributed by atoms with Crippen molar-refractivity contribution >= 4 is 11.9 Å². The first-order valence-electron chi connectivity index (χ1n) is 19.2. The van der Waals surface area contributed by atoms with E-state index in [4.69, 9.17) is 28.4 Å². The molecule has 0 radical (unpaired) electrons. The Bertz CT molecular complexity index is 2110. The summed E-state index contributed by atoms with van der Waals surface area (Å²) in [5.41, 5.74) is 6.73. The van der Waals surface area contributed by atoms with E-state index in [0.29, 0.717) is 48.7 Å². The summed E-state index contributed by atoms with van der Waals surface area (Å²) in [6, 6.07) is 50.9. The predicted molar refractivity (Wildman–Crippen MR) is 227 cm³/mol. The van der Waals surface area contributed by atoms with Gasteiger partial charge in [-0.1, -0.05) is 121 Å². The number of hydrogen-bond donors (Lipinski definition) is 0. The average molecular weight is 775 g/mol. The zero-order chi connectivity index (χ0) is 40.4. The first-order valence-corrected chi connectivity index (χ1v) is 19.2. The molecule has 0 aliphatic rings. The molecule has 0 aliphatic carbocycles. The highest BCUT2D eigenvalue weighted by molar-refractivity contribution is 5.88. The van der Waals surface area contributed by atoms with Gasteiger partial charge < -0.3 is 28.4 Å². The number of para-hydroxylation sites is 2. The van der Waals surface area contributed by atoms with Gasteiger partial charge in [-0.25, -0.2) is 9.59 Å². The molecule has 6 aromatic carbocycles. The van der Waals surface area contributed by atoms with Crippen LogP contribution in [-0.4, -0.2) is 38.4 Å². The minimum absolute atomic E-state index is 0.223. The summed E-state index contributed by atoms with van der Waals surface area (Å²) in [7, 11) is 0. The number of carbonyl (C=O) groups is 2. The maximum Gasteiger partial charge on any atom is 0.336 e. The minimum atomic E-state index is -0.439. The van der Waals surface area contributed by atoms with E-state index in [1.54, 1.807) is 13.8 Å². The molecule has 0 saturated heterocycles. The second-order valence-electron chi connectivity index (χ2n) is 13.3. The lowest BCUT2D eigenvalue weighted by Gasteiger charge is -2.11. The summed E-state index contributed by atoms with van der Waals surface area (Å²) < 4.78 is 34.3. The van der Waals surface area contributed by atoms with Crippen molar-refractivity contribution in [1.82, 2.24) is 0 Å². The molecule has 58 heavy (non-hydrogen) atoms. The molecule has 8 nitrogen and oxygen atoms in total. The van der Waals surface area contributed by atoms with Crippen molar-refractivity contribution in [2.24, 2.45) is 0 Å². The lowest BCUT2D eigenvalue weighted by molar-refractivity contribution is -0.140. The molecule has 8 heteroatoms. The van der Waals surface area contributed by atoms with Gasteiger partial charge in [0.15, 0.2) is 0 Å². The summed E-state index contributed by atoms with van der Waals surface area (Å²) in [4.78, 5) is 25.0. The Morgan fingerprint density at radius 3 is 1.17 bits per heavy atom. The maximum atomic E-state index is 12.5. The van der Waals surface area contributed by atoms with Gasteiger partial charge in [-0.3, -0.25) is 0 Å². The van der Waals surface area contributed by atoms with Gasteiger partial charge in [-0.15, -0.1) is 0 Å². The van der Waals surface area contributed by atoms with Crippen LogP contribution in [0.3, 0.4) is 0 Å². The van der Waals surface area contributed by atoms with Crippen molar-refractivity contribution in [2.45, 2.75) is 26.7 Å². The van der Waals surface area contributed by atoms with E-state index in [2.05, 4.69) is 0 Å². The van der Waals surface area contributed by atoms with Crippen LogP contribution in [0.25, 0.3) is 33.4 Å². The highest BCUT2D eigenvalue weighted by atomic mass is 16.5. The topological polar surface area (TPSA) is 89.5 Å². The first kappa shape index (κ1) is 40.6. The number of carbonyl (C=O) groups excluding carboxylic acids is 2. The van der Waals surface area contributed by atoms with Gasteiger partial charge in [0.05, 0.1) is 37.6 Å². The number of benzene rings is 6. The third kappa shape index (κ3) is 12.0. The van der Waals surface area contributed by atoms with E-state index in [1.807, 2.05) is 158 Å². The molecule has 6 rings (SSSR count). The summed E-state index contributed by atoms with van der Waals surface area (Å²) in [5.74, 6) is 1.89. The molecule has 0 aromatic heterocycles. The minimum Gasteiger partial charge on any atom is -0.493 e. The second kappa shape index (κ2) is 21.3. The van der Waals surface area contributed by atoms with Crippen LogP contribution in [0, 0.1) is 0 Å². The van der Waals surface area contributed by atoms with Crippen molar-refractivity contribution in [3.63, 3.8) is 0 Å². The van der Waals surface area contributed by atoms with Crippen LogP contribution in [0.5, 0.6) is 23.0 Å². The van der Waals surface area contributed by atoms with Crippen LogP contribution < -0.4 is 18.9 Å². The molecule has 6 aromatic rings. The van der Waals surface area contributed by atoms with E-state index < -0.39 is 11.9 Å². The van der Waals surface area contributed by atoms with Crippen molar-refractivity contribution in [3.8, 4) is 56.4 Å². The SMILES string of the molecule is CC(=COc1ccccc1-c1ccccc1)C(=O)OCCCOc1ccc(-c2ccc(OCCCOC(=O)C(C)=COc3ccccc3-c3ccccc3)cc2)cc1. The van der Waals surface area contributed by atoms with E-state index in [1.165, 1.54) is 12.5 Å². The smallest absolute Gasteiger partial charge is 0.336 e. The van der Waals surface area contributed by atoms with E-state index >= 15 is 0 Å². The highest BCUT2D eigenvalue weighted by Gasteiger charge is 2.11. The molecule has 0 heterocycles. The van der Waals surface area contributed by atoms with Crippen molar-refractivity contribution < 1.29 is 38.0 Å². The first-order chi connectivity index (χ1) is 28.4. The van der Waals surface area contributed by atoms with Gasteiger partial charge in [0, 0.05) is 24.0 Å². The Balaban J connectivity index is 0.852. The molecular formula is C50H46O8. The van der Waals surface area contributed by atoms with Gasteiger partial charge in [0.2, 0.25) is 0 Å². The zero-order valence-corrected chi connectivity index (χ0v) is 32.7. The van der Waals surface area contributed by atoms with Gasteiger partial charge in [0.1, 0.15) is 35.5 Å². The third-order valence-corrected chi connectivity index (χ3v) is 8.94. The standard InChI is InChI=1S/C50H46O8/c1-37(35-57-47-21-11-9-19-45(47)41-15-5-3-6-16-41)49(51)55-33-13-31-53-43-27-23-39(24-28-43)40-25-29-44(30-26-40)54-32-14-34-56-50(52)38(2)36-58-48-22-12-10-20-46(48)42-17-7-4-8-18-42/h3-12,15-30,35-36H,13-14,31-34H2,1-2H3. The fourth-order valence-electron chi connectivity index (χ4n) is 5.79. The van der Waals surface area contributed by atoms with Gasteiger partial charge >= 0.3 is 11.9 Å². The Kier molecular flexibility index (Phi) is 14.9. The fourth-order valence-corrected chi connectivity index (χ4v) is 5.79. The Morgan fingerprint density at radius 1 is 0.414 bits per heavy atom. The lowest BCUT2D eigenvalue weighted by Crippen LogP contribution is -2.10. The fraction of sp³-hybridized carbons (Fsp3) is 0.160. The largest absolute Gasteiger partial charge is 0.493 e. The van der Waals surface area contributed by atoms with Crippen LogP contribution in [0.4, 0.5) is 0 Å². The number of rotatable bonds is 19. The number of ether oxygens (including phenoxy) is 6. The molecule has 0 fully saturated rings. The van der Waals surface area contributed by atoms with Crippen LogP contribution >= 0.6 is 0 Å². The van der Waals surface area contributed by atoms with Crippen LogP contribution in [0.15, 0.2) is 181 Å². The molecule has 294 valence electrons. The Labute approximate surface area is 339 Å². The number of hydrogen-bond acceptors (Lipinski definition) is 8. The molecule has 0 bridgehead atoms. The summed E-state index contributed by atoms with van der Waals surface area (Å²) in [5, 5.41) is 0. The molecule has 0 atom stereocenters. The molecule has 0 spiro atoms. The predicted octanol–water partition coefficient (Wildman–Crippen LogP) is 11.3. The van der Waals surface area contributed by atoms with Gasteiger partial charge in [-0.2, -0.15) is 0 Å². The lowest BCUT2D eigenvalue weighted by atomic mass is 10.1. The van der Waals surface area contributed by atoms with E-state index in [-0.39, 0.29) is 13.2 Å². The highest BCUT2D eigenvalue weighted by Crippen LogP contribution is 2.31. The Hall–Kier alpha value is -7.06. The summed E-state index contributed by atoms with van der Waals surface area (Å²) in [6.07, 6.45) is 3.94. The van der Waals surface area contributed by atoms with Crippen LogP contribution in [0.2, 0.25) is 0 Å². The average Bonchev–Trinajstić information content (AvgIpc) is 3.28. The molecule has 0 unspecified atom stereocenters. The van der Waals surface area contributed by atoms with Crippen molar-refractivity contribution in [3.05, 3.63) is 181 Å². The quantitative estimate of drug-likeness (QED) is 0.0348. The van der Waals surface area contributed by atoms with Gasteiger partial charge in [-0.05, 0) is 72.5 Å². The molecule has 0 amide bonds. The van der Waals surface area contributed by atoms with Crippen LogP contribution in [-0.2, 0) is 19.1 Å². The normalized spacial score (nSPS) is 11.3. The van der Waals surface area contributed by atoms with Crippen LogP contribution in [0.1, 0.15) is 26.7 Å². The summed E-state index contributed by atoms with van der Waals surface area (Å²) in [6.45, 7) is 4.58. The number of esters is 2. The zero-order valence-electron chi connectivity index (χ0n) is 32.7. The molecular weight excluding hydrogens is 729 g/mol.